The molecule has 2 aromatic rings. The lowest BCUT2D eigenvalue weighted by Gasteiger charge is -2.23. The largest absolute Gasteiger partial charge is 0.351 e. The van der Waals surface area contributed by atoms with Gasteiger partial charge in [0.15, 0.2) is 5.16 Å². The van der Waals surface area contributed by atoms with Gasteiger partial charge in [0.1, 0.15) is 11.5 Å². The summed E-state index contributed by atoms with van der Waals surface area (Å²) in [6, 6.07) is 1.91. The maximum absolute atomic E-state index is 12.6. The van der Waals surface area contributed by atoms with E-state index in [0.717, 1.165) is 36.1 Å². The van der Waals surface area contributed by atoms with E-state index >= 15 is 0 Å². The van der Waals surface area contributed by atoms with Crippen molar-refractivity contribution in [3.8, 4) is 0 Å². The zero-order chi connectivity index (χ0) is 21.8. The molecule has 1 amide bonds. The molecule has 8 heteroatoms. The number of hydrogen-bond acceptors (Lipinski definition) is 5. The number of carbonyl (C=O) groups excluding carboxylic acids is 1. The normalized spacial score (nSPS) is 12.2. The van der Waals surface area contributed by atoms with Crippen molar-refractivity contribution >= 4 is 17.7 Å². The zero-order valence-electron chi connectivity index (χ0n) is 19.1. The van der Waals surface area contributed by atoms with E-state index in [0.29, 0.717) is 24.1 Å². The fourth-order valence-corrected chi connectivity index (χ4v) is 3.72. The maximum atomic E-state index is 12.6. The standard InChI is InChI=1S/C21H36N6OS/c1-14(2)13-26-18(23-24-20(26)29-8)10-9-11-22-19(28)16-12-17(15(3)4)27(25-16)21(5,6)7/h12,14-15H,9-11,13H2,1-8H3,(H,22,28). The van der Waals surface area contributed by atoms with Gasteiger partial charge in [0.2, 0.25) is 0 Å². The molecule has 0 aliphatic rings. The molecule has 2 heterocycles. The molecule has 0 radical (unpaired) electrons. The number of amides is 1. The Kier molecular flexibility index (Phi) is 7.91. The molecular weight excluding hydrogens is 384 g/mol. The van der Waals surface area contributed by atoms with Gasteiger partial charge in [-0.05, 0) is 51.3 Å². The molecule has 0 aliphatic carbocycles. The molecular formula is C21H36N6OS. The third kappa shape index (κ3) is 6.07. The Bertz CT molecular complexity index is 816. The van der Waals surface area contributed by atoms with E-state index in [1.54, 1.807) is 11.8 Å². The van der Waals surface area contributed by atoms with E-state index in [4.69, 9.17) is 0 Å². The molecule has 0 aromatic carbocycles. The third-order valence-corrected chi connectivity index (χ3v) is 5.25. The number of hydrogen-bond donors (Lipinski definition) is 1. The molecule has 1 N–H and O–H groups in total. The van der Waals surface area contributed by atoms with Crippen LogP contribution in [-0.4, -0.2) is 43.3 Å². The molecule has 0 bridgehead atoms. The second kappa shape index (κ2) is 9.78. The first-order valence-corrected chi connectivity index (χ1v) is 11.6. The fourth-order valence-electron chi connectivity index (χ4n) is 3.20. The summed E-state index contributed by atoms with van der Waals surface area (Å²) in [5, 5.41) is 17.1. The van der Waals surface area contributed by atoms with Crippen LogP contribution >= 0.6 is 11.8 Å². The number of aromatic nitrogens is 5. The molecule has 0 spiro atoms. The molecule has 0 saturated carbocycles. The number of nitrogens with one attached hydrogen (secondary N) is 1. The van der Waals surface area contributed by atoms with E-state index in [1.807, 2.05) is 17.0 Å². The summed E-state index contributed by atoms with van der Waals surface area (Å²) in [6.07, 6.45) is 3.62. The SMILES string of the molecule is CSc1nnc(CCCNC(=O)c2cc(C(C)C)n(C(C)(C)C)n2)n1CC(C)C. The summed E-state index contributed by atoms with van der Waals surface area (Å²) in [5.74, 6) is 1.70. The first-order chi connectivity index (χ1) is 13.5. The van der Waals surface area contributed by atoms with Gasteiger partial charge in [-0.25, -0.2) is 0 Å². The molecule has 2 aromatic heterocycles. The van der Waals surface area contributed by atoms with Crippen molar-refractivity contribution in [1.82, 2.24) is 29.9 Å². The Labute approximate surface area is 179 Å². The fraction of sp³-hybridized carbons (Fsp3) is 0.714. The molecule has 0 fully saturated rings. The van der Waals surface area contributed by atoms with Crippen molar-refractivity contribution in [3.05, 3.63) is 23.3 Å². The average molecular weight is 421 g/mol. The zero-order valence-corrected chi connectivity index (χ0v) is 19.9. The second-order valence-corrected chi connectivity index (χ2v) is 9.93. The Morgan fingerprint density at radius 1 is 1.21 bits per heavy atom. The van der Waals surface area contributed by atoms with Crippen LogP contribution in [0, 0.1) is 5.92 Å². The highest BCUT2D eigenvalue weighted by molar-refractivity contribution is 7.98. The van der Waals surface area contributed by atoms with Crippen LogP contribution < -0.4 is 5.32 Å². The Morgan fingerprint density at radius 3 is 2.41 bits per heavy atom. The minimum absolute atomic E-state index is 0.122. The van der Waals surface area contributed by atoms with Gasteiger partial charge in [-0.15, -0.1) is 10.2 Å². The van der Waals surface area contributed by atoms with Crippen LogP contribution in [0.3, 0.4) is 0 Å². The van der Waals surface area contributed by atoms with Crippen molar-refractivity contribution in [2.75, 3.05) is 12.8 Å². The van der Waals surface area contributed by atoms with Gasteiger partial charge in [-0.2, -0.15) is 5.10 Å². The highest BCUT2D eigenvalue weighted by Gasteiger charge is 2.23. The van der Waals surface area contributed by atoms with Crippen molar-refractivity contribution in [2.45, 2.75) is 84.5 Å². The van der Waals surface area contributed by atoms with E-state index in [9.17, 15) is 4.79 Å². The van der Waals surface area contributed by atoms with E-state index in [-0.39, 0.29) is 11.4 Å². The summed E-state index contributed by atoms with van der Waals surface area (Å²) >= 11 is 1.62. The Hall–Kier alpha value is -1.83. The van der Waals surface area contributed by atoms with Crippen molar-refractivity contribution in [3.63, 3.8) is 0 Å². The van der Waals surface area contributed by atoms with Gasteiger partial charge in [0.05, 0.1) is 5.54 Å². The first-order valence-electron chi connectivity index (χ1n) is 10.4. The van der Waals surface area contributed by atoms with Crippen LogP contribution in [0.15, 0.2) is 11.2 Å². The molecule has 29 heavy (non-hydrogen) atoms. The summed E-state index contributed by atoms with van der Waals surface area (Å²) in [7, 11) is 0. The minimum atomic E-state index is -0.159. The van der Waals surface area contributed by atoms with Gasteiger partial charge < -0.3 is 9.88 Å². The number of aryl methyl sites for hydroxylation is 1. The van der Waals surface area contributed by atoms with Crippen LogP contribution in [0.1, 0.15) is 82.8 Å². The molecule has 162 valence electrons. The molecule has 0 aliphatic heterocycles. The molecule has 2 rings (SSSR count). The first kappa shape index (κ1) is 23.4. The lowest BCUT2D eigenvalue weighted by Crippen LogP contribution is -2.28. The lowest BCUT2D eigenvalue weighted by molar-refractivity contribution is 0.0946. The number of nitrogens with zero attached hydrogens (tertiary/aromatic N) is 5. The highest BCUT2D eigenvalue weighted by Crippen LogP contribution is 2.23. The number of thioether (sulfide) groups is 1. The molecule has 0 saturated heterocycles. The summed E-state index contributed by atoms with van der Waals surface area (Å²) in [5.41, 5.74) is 1.40. The smallest absolute Gasteiger partial charge is 0.271 e. The van der Waals surface area contributed by atoms with Crippen LogP contribution in [0.5, 0.6) is 0 Å². The van der Waals surface area contributed by atoms with Crippen LogP contribution in [-0.2, 0) is 18.5 Å². The Morgan fingerprint density at radius 2 is 1.90 bits per heavy atom. The van der Waals surface area contributed by atoms with Crippen LogP contribution in [0.25, 0.3) is 0 Å². The topological polar surface area (TPSA) is 77.6 Å². The van der Waals surface area contributed by atoms with E-state index in [2.05, 4.69) is 73.6 Å². The predicted molar refractivity (Wildman–Crippen MR) is 119 cm³/mol. The molecule has 0 atom stereocenters. The quantitative estimate of drug-likeness (QED) is 0.488. The van der Waals surface area contributed by atoms with E-state index in [1.165, 1.54) is 0 Å². The van der Waals surface area contributed by atoms with Gasteiger partial charge in [0, 0.05) is 25.2 Å². The molecule has 0 unspecified atom stereocenters. The van der Waals surface area contributed by atoms with Gasteiger partial charge in [-0.1, -0.05) is 39.5 Å². The lowest BCUT2D eigenvalue weighted by atomic mass is 10.1. The average Bonchev–Trinajstić information content (AvgIpc) is 3.22. The van der Waals surface area contributed by atoms with Crippen LogP contribution in [0.2, 0.25) is 0 Å². The van der Waals surface area contributed by atoms with Crippen molar-refractivity contribution in [1.29, 1.82) is 0 Å². The van der Waals surface area contributed by atoms with Crippen LogP contribution in [0.4, 0.5) is 0 Å². The number of carbonyl (C=O) groups is 1. The predicted octanol–water partition coefficient (Wildman–Crippen LogP) is 4.09. The van der Waals surface area contributed by atoms with Crippen molar-refractivity contribution < 1.29 is 4.79 Å². The van der Waals surface area contributed by atoms with Crippen molar-refractivity contribution in [2.24, 2.45) is 5.92 Å². The molecule has 7 nitrogen and oxygen atoms in total. The van der Waals surface area contributed by atoms with Gasteiger partial charge in [-0.3, -0.25) is 9.48 Å². The van der Waals surface area contributed by atoms with Gasteiger partial charge in [0.25, 0.3) is 5.91 Å². The number of rotatable bonds is 9. The maximum Gasteiger partial charge on any atom is 0.271 e. The summed E-state index contributed by atoms with van der Waals surface area (Å²) in [6.45, 7) is 16.4. The third-order valence-electron chi connectivity index (χ3n) is 4.58. The minimum Gasteiger partial charge on any atom is -0.351 e. The highest BCUT2D eigenvalue weighted by atomic mass is 32.2. The van der Waals surface area contributed by atoms with Gasteiger partial charge >= 0.3 is 0 Å². The summed E-state index contributed by atoms with van der Waals surface area (Å²) in [4.78, 5) is 12.6. The second-order valence-electron chi connectivity index (χ2n) is 9.16. The summed E-state index contributed by atoms with van der Waals surface area (Å²) < 4.78 is 4.15. The Balaban J connectivity index is 1.97. The van der Waals surface area contributed by atoms with E-state index < -0.39 is 0 Å². The monoisotopic (exact) mass is 420 g/mol.